The Kier molecular flexibility index (Phi) is 10.2. The number of rotatable bonds is 9. The van der Waals surface area contributed by atoms with Gasteiger partial charge in [-0.25, -0.2) is 0 Å². The summed E-state index contributed by atoms with van der Waals surface area (Å²) in [5.74, 6) is 0. The number of anilines is 3. The molecule has 13 rings (SSSR count). The Bertz CT molecular complexity index is 3970. The highest BCUT2D eigenvalue weighted by atomic mass is 15.1. The quantitative estimate of drug-likeness (QED) is 0.140. The predicted molar refractivity (Wildman–Crippen MR) is 300 cm³/mol. The first-order valence-electron chi connectivity index (χ1n) is 24.7. The van der Waals surface area contributed by atoms with E-state index >= 15 is 0 Å². The lowest BCUT2D eigenvalue weighted by Crippen LogP contribution is -2.15. The van der Waals surface area contributed by atoms with Crippen molar-refractivity contribution in [3.63, 3.8) is 0 Å². The first-order chi connectivity index (χ1) is 35.0. The van der Waals surface area contributed by atoms with Crippen LogP contribution >= 0.6 is 0 Å². The number of benzene rings is 11. The van der Waals surface area contributed by atoms with E-state index in [1.807, 2.05) is 0 Å². The highest BCUT2D eigenvalue weighted by Gasteiger charge is 2.37. The van der Waals surface area contributed by atoms with Gasteiger partial charge in [0.25, 0.3) is 0 Å². The van der Waals surface area contributed by atoms with Crippen molar-refractivity contribution in [3.8, 4) is 72.4 Å². The molecule has 12 aromatic rings. The van der Waals surface area contributed by atoms with Crippen LogP contribution in [0.25, 0.3) is 94.3 Å². The summed E-state index contributed by atoms with van der Waals surface area (Å²) in [6, 6.07) is 98.0. The molecule has 0 spiro atoms. The molecular formula is C69H50N2. The molecule has 1 aromatic heterocycles. The van der Waals surface area contributed by atoms with Gasteiger partial charge in [0.15, 0.2) is 0 Å². The molecule has 0 aliphatic heterocycles. The van der Waals surface area contributed by atoms with Crippen LogP contribution in [0.1, 0.15) is 25.0 Å². The van der Waals surface area contributed by atoms with Crippen molar-refractivity contribution in [2.24, 2.45) is 0 Å². The third-order valence-corrected chi connectivity index (χ3v) is 14.8. The third kappa shape index (κ3) is 7.02. The van der Waals surface area contributed by atoms with E-state index in [-0.39, 0.29) is 5.41 Å². The summed E-state index contributed by atoms with van der Waals surface area (Å²) >= 11 is 0. The Hall–Kier alpha value is -8.98. The average molecular weight is 907 g/mol. The zero-order valence-corrected chi connectivity index (χ0v) is 39.8. The standard InChI is InChI=1S/C69H50N2/c1-69(2)62-38-17-13-36-61(62)68-60(37-22-39-63(68)69)58-35-16-20-42-66(58)71(64-40-18-14-33-56(64)55-32-12-11-31-54(55)53-30-10-9-29-52(53)47-23-5-3-6-24-47)51-28-21-25-48(45-51)49-43-44-59-57-34-15-19-41-65(57)70(67(59)46-49)50-26-7-4-8-27-50/h3-46H,1-2H3. The summed E-state index contributed by atoms with van der Waals surface area (Å²) in [7, 11) is 0. The monoisotopic (exact) mass is 906 g/mol. The number of nitrogens with zero attached hydrogens (tertiary/aromatic N) is 2. The van der Waals surface area contributed by atoms with Gasteiger partial charge in [0.2, 0.25) is 0 Å². The fourth-order valence-electron chi connectivity index (χ4n) is 11.5. The van der Waals surface area contributed by atoms with Gasteiger partial charge >= 0.3 is 0 Å². The van der Waals surface area contributed by atoms with E-state index in [4.69, 9.17) is 0 Å². The van der Waals surface area contributed by atoms with Crippen molar-refractivity contribution < 1.29 is 0 Å². The maximum atomic E-state index is 2.51. The minimum Gasteiger partial charge on any atom is -0.309 e. The minimum absolute atomic E-state index is 0.134. The van der Waals surface area contributed by atoms with Crippen LogP contribution in [0.4, 0.5) is 17.1 Å². The number of fused-ring (bicyclic) bond motifs is 6. The molecule has 0 radical (unpaired) electrons. The second kappa shape index (κ2) is 17.2. The van der Waals surface area contributed by atoms with E-state index in [9.17, 15) is 0 Å². The second-order valence-electron chi connectivity index (χ2n) is 19.2. The smallest absolute Gasteiger partial charge is 0.0547 e. The molecule has 11 aromatic carbocycles. The van der Waals surface area contributed by atoms with Crippen LogP contribution in [0.2, 0.25) is 0 Å². The lowest BCUT2D eigenvalue weighted by Gasteiger charge is -2.31. The summed E-state index contributed by atoms with van der Waals surface area (Å²) in [6.45, 7) is 4.73. The fraction of sp³-hybridized carbons (Fsp3) is 0.0435. The molecule has 0 bridgehead atoms. The van der Waals surface area contributed by atoms with E-state index < -0.39 is 0 Å². The molecule has 2 nitrogen and oxygen atoms in total. The van der Waals surface area contributed by atoms with Crippen LogP contribution in [0.15, 0.2) is 267 Å². The van der Waals surface area contributed by atoms with Crippen LogP contribution in [0, 0.1) is 0 Å². The summed E-state index contributed by atoms with van der Waals surface area (Å²) in [5, 5.41) is 2.48. The van der Waals surface area contributed by atoms with Gasteiger partial charge in [0, 0.05) is 38.7 Å². The summed E-state index contributed by atoms with van der Waals surface area (Å²) in [6.07, 6.45) is 0. The van der Waals surface area contributed by atoms with Crippen molar-refractivity contribution in [3.05, 3.63) is 278 Å². The van der Waals surface area contributed by atoms with Crippen molar-refractivity contribution >= 4 is 38.9 Å². The molecule has 0 amide bonds. The Morgan fingerprint density at radius 3 is 1.52 bits per heavy atom. The minimum atomic E-state index is -0.134. The first-order valence-corrected chi connectivity index (χ1v) is 24.7. The fourth-order valence-corrected chi connectivity index (χ4v) is 11.5. The Morgan fingerprint density at radius 1 is 0.310 bits per heavy atom. The molecule has 0 atom stereocenters. The lowest BCUT2D eigenvalue weighted by atomic mass is 9.82. The van der Waals surface area contributed by atoms with Gasteiger partial charge in [-0.05, 0) is 115 Å². The van der Waals surface area contributed by atoms with Crippen molar-refractivity contribution in [2.45, 2.75) is 19.3 Å². The van der Waals surface area contributed by atoms with E-state index in [0.717, 1.165) is 39.4 Å². The highest BCUT2D eigenvalue weighted by molar-refractivity contribution is 6.10. The van der Waals surface area contributed by atoms with E-state index in [1.54, 1.807) is 0 Å². The average Bonchev–Trinajstić information content (AvgIpc) is 3.89. The molecule has 0 N–H and O–H groups in total. The zero-order chi connectivity index (χ0) is 47.5. The number of aromatic nitrogens is 1. The van der Waals surface area contributed by atoms with E-state index in [1.165, 1.54) is 83.0 Å². The molecule has 2 heteroatoms. The van der Waals surface area contributed by atoms with Crippen LogP contribution in [-0.2, 0) is 5.41 Å². The topological polar surface area (TPSA) is 8.17 Å². The van der Waals surface area contributed by atoms with Crippen LogP contribution < -0.4 is 4.90 Å². The predicted octanol–water partition coefficient (Wildman–Crippen LogP) is 18.9. The molecule has 0 fully saturated rings. The SMILES string of the molecule is CC1(C)c2ccccc2-c2c(-c3ccccc3N(c3cccc(-c4ccc5c6ccccc6n(-c6ccccc6)c5c4)c3)c3ccccc3-c3ccccc3-c3ccccc3-c3ccccc3)cccc21. The van der Waals surface area contributed by atoms with Gasteiger partial charge in [-0.3, -0.25) is 0 Å². The van der Waals surface area contributed by atoms with Crippen LogP contribution in [0.3, 0.4) is 0 Å². The highest BCUT2D eigenvalue weighted by Crippen LogP contribution is 2.55. The lowest BCUT2D eigenvalue weighted by molar-refractivity contribution is 0.660. The van der Waals surface area contributed by atoms with Gasteiger partial charge in [-0.1, -0.05) is 232 Å². The Balaban J connectivity index is 1.04. The van der Waals surface area contributed by atoms with Crippen LogP contribution in [-0.4, -0.2) is 4.57 Å². The van der Waals surface area contributed by atoms with Gasteiger partial charge in [0.05, 0.1) is 22.4 Å². The maximum Gasteiger partial charge on any atom is 0.0547 e. The van der Waals surface area contributed by atoms with Gasteiger partial charge < -0.3 is 9.47 Å². The van der Waals surface area contributed by atoms with Gasteiger partial charge in [0.1, 0.15) is 0 Å². The molecule has 336 valence electrons. The largest absolute Gasteiger partial charge is 0.309 e. The maximum absolute atomic E-state index is 2.51. The normalized spacial score (nSPS) is 12.5. The van der Waals surface area contributed by atoms with E-state index in [2.05, 4.69) is 290 Å². The first kappa shape index (κ1) is 42.1. The van der Waals surface area contributed by atoms with Gasteiger partial charge in [-0.15, -0.1) is 0 Å². The zero-order valence-electron chi connectivity index (χ0n) is 39.8. The Labute approximate surface area is 416 Å². The summed E-state index contributed by atoms with van der Waals surface area (Å²) < 4.78 is 2.40. The molecule has 1 aliphatic carbocycles. The van der Waals surface area contributed by atoms with Crippen molar-refractivity contribution in [1.29, 1.82) is 0 Å². The molecule has 1 heterocycles. The number of hydrogen-bond donors (Lipinski definition) is 0. The summed E-state index contributed by atoms with van der Waals surface area (Å²) in [4.78, 5) is 2.51. The Morgan fingerprint density at radius 2 is 0.789 bits per heavy atom. The van der Waals surface area contributed by atoms with Crippen molar-refractivity contribution in [2.75, 3.05) is 4.90 Å². The molecule has 0 saturated heterocycles. The van der Waals surface area contributed by atoms with E-state index in [0.29, 0.717) is 0 Å². The van der Waals surface area contributed by atoms with Crippen LogP contribution in [0.5, 0.6) is 0 Å². The molecule has 71 heavy (non-hydrogen) atoms. The van der Waals surface area contributed by atoms with Gasteiger partial charge in [-0.2, -0.15) is 0 Å². The molecule has 0 saturated carbocycles. The molecule has 1 aliphatic rings. The number of para-hydroxylation sites is 4. The summed E-state index contributed by atoms with van der Waals surface area (Å²) in [5.41, 5.74) is 23.8. The number of hydrogen-bond acceptors (Lipinski definition) is 1. The molecular weight excluding hydrogens is 857 g/mol. The van der Waals surface area contributed by atoms with Crippen molar-refractivity contribution in [1.82, 2.24) is 4.57 Å². The third-order valence-electron chi connectivity index (χ3n) is 14.8. The second-order valence-corrected chi connectivity index (χ2v) is 19.2. The molecule has 0 unspecified atom stereocenters.